The van der Waals surface area contributed by atoms with E-state index in [4.69, 9.17) is 4.74 Å². The van der Waals surface area contributed by atoms with E-state index in [1.165, 1.54) is 11.1 Å². The van der Waals surface area contributed by atoms with Crippen LogP contribution < -0.4 is 4.90 Å². The molecule has 5 heterocycles. The molecule has 3 aliphatic rings. The number of carboxylic acid groups (broad SMARTS) is 1. The quantitative estimate of drug-likeness (QED) is 0.618. The first-order chi connectivity index (χ1) is 16.5. The number of benzene rings is 1. The van der Waals surface area contributed by atoms with Crippen LogP contribution in [0.2, 0.25) is 0 Å². The van der Waals surface area contributed by atoms with Gasteiger partial charge in [-0.05, 0) is 69.0 Å². The van der Waals surface area contributed by atoms with Gasteiger partial charge in [-0.1, -0.05) is 0 Å². The van der Waals surface area contributed by atoms with E-state index in [-0.39, 0.29) is 5.92 Å². The summed E-state index contributed by atoms with van der Waals surface area (Å²) in [7, 11) is 0. The molecule has 0 radical (unpaired) electrons. The number of carbonyl (C=O) groups is 1. The number of nitrogens with zero attached hydrogens (tertiary/aromatic N) is 6. The summed E-state index contributed by atoms with van der Waals surface area (Å²) in [6.45, 7) is 9.01. The van der Waals surface area contributed by atoms with E-state index < -0.39 is 5.97 Å². The number of ether oxygens (including phenoxy) is 1. The topological polar surface area (TPSA) is 96.6 Å². The number of carboxylic acids is 1. The van der Waals surface area contributed by atoms with E-state index in [0.717, 1.165) is 55.9 Å². The highest BCUT2D eigenvalue weighted by atomic mass is 16.5. The third-order valence-electron chi connectivity index (χ3n) is 7.64. The Hall–Kier alpha value is -3.04. The average Bonchev–Trinajstić information content (AvgIpc) is 3.13. The Bertz CT molecular complexity index is 1240. The van der Waals surface area contributed by atoms with E-state index >= 15 is 0 Å². The van der Waals surface area contributed by atoms with Gasteiger partial charge in [-0.15, -0.1) is 0 Å². The largest absolute Gasteiger partial charge is 0.481 e. The third kappa shape index (κ3) is 3.73. The lowest BCUT2D eigenvalue weighted by atomic mass is 9.85. The summed E-state index contributed by atoms with van der Waals surface area (Å²) in [4.78, 5) is 25.0. The van der Waals surface area contributed by atoms with Gasteiger partial charge in [0.15, 0.2) is 5.82 Å². The molecule has 0 saturated carbocycles. The smallest absolute Gasteiger partial charge is 0.310 e. The molecule has 0 spiro atoms. The van der Waals surface area contributed by atoms with Crippen LogP contribution in [0.3, 0.4) is 0 Å². The van der Waals surface area contributed by atoms with Gasteiger partial charge in [-0.2, -0.15) is 5.10 Å². The van der Waals surface area contributed by atoms with Gasteiger partial charge < -0.3 is 14.7 Å². The molecular formula is C25H30N6O3. The molecule has 34 heavy (non-hydrogen) atoms. The van der Waals surface area contributed by atoms with Crippen LogP contribution in [-0.2, 0) is 9.53 Å². The minimum absolute atomic E-state index is 0.335. The van der Waals surface area contributed by atoms with E-state index in [9.17, 15) is 9.90 Å². The van der Waals surface area contributed by atoms with Gasteiger partial charge in [0.05, 0.1) is 36.9 Å². The Kier molecular flexibility index (Phi) is 5.26. The lowest BCUT2D eigenvalue weighted by molar-refractivity contribution is -0.142. The van der Waals surface area contributed by atoms with Gasteiger partial charge in [-0.25, -0.2) is 14.6 Å². The summed E-state index contributed by atoms with van der Waals surface area (Å²) in [5.41, 5.74) is 3.76. The van der Waals surface area contributed by atoms with Crippen molar-refractivity contribution in [1.82, 2.24) is 24.6 Å². The Morgan fingerprint density at radius 1 is 1.06 bits per heavy atom. The van der Waals surface area contributed by atoms with Gasteiger partial charge in [0, 0.05) is 24.5 Å². The molecule has 0 aliphatic carbocycles. The van der Waals surface area contributed by atoms with Crippen molar-refractivity contribution in [1.29, 1.82) is 0 Å². The molecule has 0 unspecified atom stereocenters. The number of likely N-dealkylation sites (tertiary alicyclic amines) is 1. The molecule has 9 heteroatoms. The van der Waals surface area contributed by atoms with Crippen LogP contribution in [0.1, 0.15) is 35.7 Å². The third-order valence-corrected chi connectivity index (χ3v) is 7.64. The van der Waals surface area contributed by atoms with Gasteiger partial charge in [-0.3, -0.25) is 9.69 Å². The zero-order valence-corrected chi connectivity index (χ0v) is 19.6. The van der Waals surface area contributed by atoms with Gasteiger partial charge >= 0.3 is 5.97 Å². The van der Waals surface area contributed by atoms with Crippen LogP contribution >= 0.6 is 0 Å². The lowest BCUT2D eigenvalue weighted by Gasteiger charge is -2.41. The first-order valence-electron chi connectivity index (χ1n) is 12.1. The highest BCUT2D eigenvalue weighted by Crippen LogP contribution is 2.34. The molecular weight excluding hydrogens is 432 g/mol. The second-order valence-corrected chi connectivity index (χ2v) is 9.90. The Balaban J connectivity index is 1.29. The number of anilines is 1. The first-order valence-corrected chi connectivity index (χ1v) is 12.1. The van der Waals surface area contributed by atoms with Crippen LogP contribution in [0.5, 0.6) is 0 Å². The summed E-state index contributed by atoms with van der Waals surface area (Å²) in [6, 6.07) is 7.06. The Labute approximate surface area is 198 Å². The number of hydrogen-bond donors (Lipinski definition) is 1. The molecule has 0 atom stereocenters. The maximum atomic E-state index is 11.2. The fourth-order valence-corrected chi connectivity index (χ4v) is 5.46. The van der Waals surface area contributed by atoms with E-state index in [1.807, 2.05) is 28.8 Å². The van der Waals surface area contributed by atoms with Crippen LogP contribution in [-0.4, -0.2) is 81.2 Å². The second kappa shape index (κ2) is 8.32. The SMILES string of the molecule is Cc1nc(N2CC(C(=O)O)C2)cc(-n2ncc3cc(C)c(C4CCN(C5COC5)CC4)cc32)n1. The molecule has 2 aromatic heterocycles. The summed E-state index contributed by atoms with van der Waals surface area (Å²) < 4.78 is 7.27. The van der Waals surface area contributed by atoms with E-state index in [1.54, 1.807) is 0 Å². The van der Waals surface area contributed by atoms with Crippen LogP contribution in [0.4, 0.5) is 5.82 Å². The number of aryl methyl sites for hydroxylation is 2. The van der Waals surface area contributed by atoms with Gasteiger partial charge in [0.1, 0.15) is 11.6 Å². The van der Waals surface area contributed by atoms with Crippen molar-refractivity contribution in [2.75, 3.05) is 44.3 Å². The monoisotopic (exact) mass is 462 g/mol. The number of hydrogen-bond acceptors (Lipinski definition) is 7. The molecule has 9 nitrogen and oxygen atoms in total. The number of aliphatic carboxylic acids is 1. The Morgan fingerprint density at radius 2 is 1.79 bits per heavy atom. The van der Waals surface area contributed by atoms with Crippen molar-refractivity contribution in [3.8, 4) is 5.82 Å². The zero-order valence-electron chi connectivity index (χ0n) is 19.6. The summed E-state index contributed by atoms with van der Waals surface area (Å²) in [6.07, 6.45) is 4.22. The number of rotatable bonds is 5. The van der Waals surface area contributed by atoms with Gasteiger partial charge in [0.25, 0.3) is 0 Å². The fraction of sp³-hybridized carbons (Fsp3) is 0.520. The zero-order chi connectivity index (χ0) is 23.4. The molecule has 1 aromatic carbocycles. The highest BCUT2D eigenvalue weighted by molar-refractivity contribution is 5.82. The molecule has 0 amide bonds. The summed E-state index contributed by atoms with van der Waals surface area (Å²) >= 11 is 0. The van der Waals surface area contributed by atoms with Crippen molar-refractivity contribution in [2.45, 2.75) is 38.6 Å². The lowest BCUT2D eigenvalue weighted by Crippen LogP contribution is -2.51. The highest BCUT2D eigenvalue weighted by Gasteiger charge is 2.34. The van der Waals surface area contributed by atoms with Crippen molar-refractivity contribution in [3.05, 3.63) is 41.3 Å². The summed E-state index contributed by atoms with van der Waals surface area (Å²) in [5.74, 6) is 1.57. The maximum absolute atomic E-state index is 11.2. The fourth-order valence-electron chi connectivity index (χ4n) is 5.46. The van der Waals surface area contributed by atoms with E-state index in [0.29, 0.717) is 36.7 Å². The average molecular weight is 463 g/mol. The van der Waals surface area contributed by atoms with Crippen molar-refractivity contribution in [3.63, 3.8) is 0 Å². The Morgan fingerprint density at radius 3 is 2.47 bits per heavy atom. The number of piperidine rings is 1. The first kappa shape index (κ1) is 21.5. The summed E-state index contributed by atoms with van der Waals surface area (Å²) in [5, 5.41) is 15.0. The maximum Gasteiger partial charge on any atom is 0.310 e. The molecule has 3 saturated heterocycles. The minimum Gasteiger partial charge on any atom is -0.481 e. The van der Waals surface area contributed by atoms with Gasteiger partial charge in [0.2, 0.25) is 0 Å². The second-order valence-electron chi connectivity index (χ2n) is 9.90. The van der Waals surface area contributed by atoms with Crippen molar-refractivity contribution >= 4 is 22.7 Å². The van der Waals surface area contributed by atoms with Crippen LogP contribution in [0.25, 0.3) is 16.7 Å². The minimum atomic E-state index is -0.755. The van der Waals surface area contributed by atoms with Crippen LogP contribution in [0.15, 0.2) is 24.4 Å². The van der Waals surface area contributed by atoms with E-state index in [2.05, 4.69) is 39.0 Å². The van der Waals surface area contributed by atoms with Crippen LogP contribution in [0, 0.1) is 19.8 Å². The predicted octanol–water partition coefficient (Wildman–Crippen LogP) is 2.53. The molecule has 3 aliphatic heterocycles. The van der Waals surface area contributed by atoms with Crippen molar-refractivity contribution < 1.29 is 14.6 Å². The molecule has 178 valence electrons. The molecule has 0 bridgehead atoms. The predicted molar refractivity (Wildman–Crippen MR) is 128 cm³/mol. The van der Waals surface area contributed by atoms with Crippen molar-refractivity contribution in [2.24, 2.45) is 5.92 Å². The molecule has 6 rings (SSSR count). The number of aromatic nitrogens is 4. The number of fused-ring (bicyclic) bond motifs is 1. The molecule has 3 aromatic rings. The standard InChI is InChI=1S/C25H30N6O3/c1-15-7-18-10-26-31(24-9-23(27-16(2)28-24)30-11-19(12-30)25(32)33)22(18)8-21(15)17-3-5-29(6-4-17)20-13-34-14-20/h7-10,17,19-20H,3-6,11-14H2,1-2H3,(H,32,33). The molecule has 3 fully saturated rings. The molecule has 1 N–H and O–H groups in total. The normalized spacial score (nSPS) is 20.5.